The second kappa shape index (κ2) is 10.6. The van der Waals surface area contributed by atoms with Gasteiger partial charge in [0, 0.05) is 11.1 Å². The molecule has 0 saturated heterocycles. The van der Waals surface area contributed by atoms with Crippen molar-refractivity contribution in [2.75, 3.05) is 5.32 Å². The third-order valence-corrected chi connectivity index (χ3v) is 6.36. The van der Waals surface area contributed by atoms with Gasteiger partial charge in [0.15, 0.2) is 6.10 Å². The number of nitrogens with zero attached hydrogens (tertiary/aromatic N) is 1. The van der Waals surface area contributed by atoms with E-state index < -0.39 is 64.7 Å². The summed E-state index contributed by atoms with van der Waals surface area (Å²) in [7, 11) is 0. The Labute approximate surface area is 228 Å². The molecule has 2 atom stereocenters. The lowest BCUT2D eigenvalue weighted by Gasteiger charge is -2.37. The molecule has 1 aromatic heterocycles. The molecule has 2 N–H and O–H groups in total. The number of carbonyl (C=O) groups is 2. The number of pyridine rings is 1. The van der Waals surface area contributed by atoms with Gasteiger partial charge in [0.25, 0.3) is 5.91 Å². The van der Waals surface area contributed by atoms with Gasteiger partial charge in [-0.25, -0.2) is 18.6 Å². The molecule has 7 nitrogen and oxygen atoms in total. The number of fused-ring (bicyclic) bond motifs is 1. The molecule has 0 bridgehead atoms. The first kappa shape index (κ1) is 29.6. The van der Waals surface area contributed by atoms with Crippen LogP contribution in [0.2, 0.25) is 0 Å². The normalized spacial score (nSPS) is 16.8. The van der Waals surface area contributed by atoms with Crippen molar-refractivity contribution < 1.29 is 49.8 Å². The third kappa shape index (κ3) is 5.77. The fourth-order valence-corrected chi connectivity index (χ4v) is 4.51. The van der Waals surface area contributed by atoms with Crippen molar-refractivity contribution >= 4 is 17.6 Å². The number of urea groups is 1. The van der Waals surface area contributed by atoms with Crippen molar-refractivity contribution in [1.29, 1.82) is 0 Å². The van der Waals surface area contributed by atoms with E-state index in [9.17, 15) is 40.3 Å². The van der Waals surface area contributed by atoms with Crippen LogP contribution in [-0.4, -0.2) is 40.7 Å². The highest BCUT2D eigenvalue weighted by molar-refractivity contribution is 6.08. The van der Waals surface area contributed by atoms with Gasteiger partial charge in [-0.2, -0.15) is 22.0 Å². The second-order valence-electron chi connectivity index (χ2n) is 9.73. The average Bonchev–Trinajstić information content (AvgIpc) is 3.12. The molecule has 0 saturated carbocycles. The van der Waals surface area contributed by atoms with Crippen LogP contribution in [0.4, 0.5) is 41.2 Å². The number of para-hydroxylation sites is 1. The zero-order valence-corrected chi connectivity index (χ0v) is 21.6. The van der Waals surface area contributed by atoms with Crippen LogP contribution in [0, 0.1) is 18.6 Å². The molecular formula is C27H22F7N3O4. The predicted molar refractivity (Wildman–Crippen MR) is 131 cm³/mol. The van der Waals surface area contributed by atoms with Crippen molar-refractivity contribution in [1.82, 2.24) is 10.3 Å². The summed E-state index contributed by atoms with van der Waals surface area (Å²) in [5.74, 6) is -11.2. The van der Waals surface area contributed by atoms with Gasteiger partial charge >= 0.3 is 18.1 Å². The maximum Gasteiger partial charge on any atom is 0.457 e. The fourth-order valence-electron chi connectivity index (χ4n) is 4.51. The zero-order chi connectivity index (χ0) is 30.3. The number of anilines is 1. The van der Waals surface area contributed by atoms with Crippen molar-refractivity contribution in [3.05, 3.63) is 83.1 Å². The number of alkyl halides is 5. The molecule has 218 valence electrons. The lowest BCUT2D eigenvalue weighted by atomic mass is 9.80. The lowest BCUT2D eigenvalue weighted by molar-refractivity contribution is -0.314. The quantitative estimate of drug-likeness (QED) is 0.321. The van der Waals surface area contributed by atoms with Crippen molar-refractivity contribution in [3.63, 3.8) is 0 Å². The Hall–Kier alpha value is -4.36. The summed E-state index contributed by atoms with van der Waals surface area (Å²) < 4.78 is 109. The molecule has 1 aliphatic rings. The minimum absolute atomic E-state index is 0.0535. The average molecular weight is 585 g/mol. The summed E-state index contributed by atoms with van der Waals surface area (Å²) in [6.07, 6.45) is -7.91. The number of imide groups is 1. The number of halogens is 7. The molecule has 2 aromatic carbocycles. The van der Waals surface area contributed by atoms with Crippen molar-refractivity contribution in [2.24, 2.45) is 0 Å². The van der Waals surface area contributed by atoms with E-state index in [0.717, 1.165) is 30.5 Å². The number of aromatic nitrogens is 1. The maximum absolute atomic E-state index is 15.0. The Kier molecular flexibility index (Phi) is 7.63. The van der Waals surface area contributed by atoms with Crippen molar-refractivity contribution in [2.45, 2.75) is 50.5 Å². The third-order valence-electron chi connectivity index (χ3n) is 6.36. The van der Waals surface area contributed by atoms with Crippen molar-refractivity contribution in [3.8, 4) is 11.6 Å². The summed E-state index contributed by atoms with van der Waals surface area (Å²) in [5, 5.41) is 3.88. The number of aryl methyl sites for hydroxylation is 1. The largest absolute Gasteiger partial charge is 0.487 e. The van der Waals surface area contributed by atoms with E-state index in [-0.39, 0.29) is 22.6 Å². The van der Waals surface area contributed by atoms with Gasteiger partial charge < -0.3 is 14.8 Å². The van der Waals surface area contributed by atoms with Gasteiger partial charge in [0.05, 0.1) is 17.8 Å². The first-order valence-electron chi connectivity index (χ1n) is 11.9. The summed E-state index contributed by atoms with van der Waals surface area (Å²) >= 11 is 0. The minimum atomic E-state index is -5.98. The monoisotopic (exact) mass is 585 g/mol. The highest BCUT2D eigenvalue weighted by atomic mass is 19.4. The molecule has 3 aromatic rings. The molecule has 2 unspecified atom stereocenters. The summed E-state index contributed by atoms with van der Waals surface area (Å²) in [6, 6.07) is 8.39. The van der Waals surface area contributed by atoms with Crippen LogP contribution in [-0.2, 0) is 0 Å². The number of ether oxygens (including phenoxy) is 2. The zero-order valence-electron chi connectivity index (χ0n) is 21.6. The fraction of sp³-hybridized carbons (Fsp3) is 0.296. The topological polar surface area (TPSA) is 89.6 Å². The Balaban J connectivity index is 1.59. The smallest absolute Gasteiger partial charge is 0.457 e. The Bertz CT molecular complexity index is 1470. The van der Waals surface area contributed by atoms with E-state index in [4.69, 9.17) is 9.47 Å². The molecular weight excluding hydrogens is 563 g/mol. The molecule has 14 heteroatoms. The first-order chi connectivity index (χ1) is 19.0. The molecule has 2 heterocycles. The first-order valence-corrected chi connectivity index (χ1v) is 11.9. The van der Waals surface area contributed by atoms with Crippen LogP contribution >= 0.6 is 0 Å². The maximum atomic E-state index is 15.0. The molecule has 0 fully saturated rings. The van der Waals surface area contributed by atoms with E-state index in [0.29, 0.717) is 0 Å². The van der Waals surface area contributed by atoms with Gasteiger partial charge in [-0.05, 0) is 45.0 Å². The Morgan fingerprint density at radius 2 is 1.66 bits per heavy atom. The van der Waals surface area contributed by atoms with Gasteiger partial charge in [-0.15, -0.1) is 0 Å². The van der Waals surface area contributed by atoms with Crippen LogP contribution in [0.1, 0.15) is 41.3 Å². The second-order valence-corrected chi connectivity index (χ2v) is 9.73. The number of rotatable bonds is 6. The molecule has 0 radical (unpaired) electrons. The SMILES string of the molecule is Cc1cc(NC(=O)NC(=O)c2c(F)cccc2F)cnc1OC(C1c2ccccc2OC1(C)C)C(F)(F)C(F)(F)F. The van der Waals surface area contributed by atoms with Crippen LogP contribution in [0.15, 0.2) is 54.7 Å². The highest BCUT2D eigenvalue weighted by Crippen LogP contribution is 2.53. The number of carbonyl (C=O) groups excluding carboxylic acids is 2. The molecule has 3 amide bonds. The van der Waals surface area contributed by atoms with E-state index in [1.807, 2.05) is 0 Å². The number of nitrogens with one attached hydrogen (secondary N) is 2. The standard InChI is InChI=1S/C27H22F7N3O4/c1-13-11-14(36-24(39)37-22(38)19-16(28)8-6-9-17(19)29)12-35-23(13)40-21(26(30,31)27(32,33)34)20-15-7-4-5-10-18(15)41-25(20,2)3/h4-12,20-21H,1-3H3,(H2,36,37,38,39). The lowest BCUT2D eigenvalue weighted by Crippen LogP contribution is -2.56. The number of hydrogen-bond acceptors (Lipinski definition) is 5. The highest BCUT2D eigenvalue weighted by Gasteiger charge is 2.69. The molecule has 4 rings (SSSR count). The van der Waals surface area contributed by atoms with E-state index in [1.54, 1.807) is 11.4 Å². The Morgan fingerprint density at radius 1 is 1.02 bits per heavy atom. The van der Waals surface area contributed by atoms with Gasteiger partial charge in [0.1, 0.15) is 28.5 Å². The van der Waals surface area contributed by atoms with E-state index in [1.165, 1.54) is 39.0 Å². The predicted octanol–water partition coefficient (Wildman–Crippen LogP) is 6.53. The Morgan fingerprint density at radius 3 is 2.27 bits per heavy atom. The number of hydrogen-bond donors (Lipinski definition) is 2. The molecule has 1 aliphatic heterocycles. The minimum Gasteiger partial charge on any atom is -0.487 e. The summed E-state index contributed by atoms with van der Waals surface area (Å²) in [4.78, 5) is 28.1. The molecule has 41 heavy (non-hydrogen) atoms. The van der Waals surface area contributed by atoms with Crippen LogP contribution in [0.25, 0.3) is 0 Å². The van der Waals surface area contributed by atoms with Crippen LogP contribution in [0.5, 0.6) is 11.6 Å². The molecule has 0 spiro atoms. The van der Waals surface area contributed by atoms with Gasteiger partial charge in [-0.3, -0.25) is 10.1 Å². The number of amides is 3. The summed E-state index contributed by atoms with van der Waals surface area (Å²) in [5.41, 5.74) is -2.63. The molecule has 0 aliphatic carbocycles. The van der Waals surface area contributed by atoms with Gasteiger partial charge in [-0.1, -0.05) is 24.3 Å². The summed E-state index contributed by atoms with van der Waals surface area (Å²) in [6.45, 7) is 4.00. The van der Waals surface area contributed by atoms with Crippen LogP contribution in [0.3, 0.4) is 0 Å². The number of benzene rings is 2. The van der Waals surface area contributed by atoms with E-state index in [2.05, 4.69) is 10.3 Å². The van der Waals surface area contributed by atoms with E-state index >= 15 is 0 Å². The van der Waals surface area contributed by atoms with Crippen LogP contribution < -0.4 is 20.1 Å². The van der Waals surface area contributed by atoms with Gasteiger partial charge in [0.2, 0.25) is 5.88 Å².